The largest absolute Gasteiger partial charge is 0.377 e. The third kappa shape index (κ3) is 5.30. The van der Waals surface area contributed by atoms with Crippen LogP contribution in [0.3, 0.4) is 0 Å². The van der Waals surface area contributed by atoms with E-state index in [1.54, 1.807) is 18.2 Å². The van der Waals surface area contributed by atoms with Crippen LogP contribution in [0.4, 0.5) is 8.78 Å². The van der Waals surface area contributed by atoms with Crippen LogP contribution in [0.1, 0.15) is 66.6 Å². The van der Waals surface area contributed by atoms with Gasteiger partial charge in [-0.1, -0.05) is 59.9 Å². The molecule has 0 N–H and O–H groups in total. The van der Waals surface area contributed by atoms with Crippen LogP contribution in [0.5, 0.6) is 0 Å². The molecule has 2 aromatic rings. The Morgan fingerprint density at radius 1 is 1.27 bits per heavy atom. The topological polar surface area (TPSA) is 38.7 Å². The number of carbonyl (C=O) groups excluding carboxylic acids is 1. The second-order valence-electron chi connectivity index (χ2n) is 8.64. The number of benzene rings is 2. The summed E-state index contributed by atoms with van der Waals surface area (Å²) in [6.45, 7) is 8.44. The maximum Gasteiger partial charge on any atom is 0.291 e. The summed E-state index contributed by atoms with van der Waals surface area (Å²) in [5.74, 6) is -2.96. The molecule has 2 atom stereocenters. The number of ketones is 1. The van der Waals surface area contributed by atoms with E-state index in [2.05, 4.69) is 18.7 Å². The third-order valence-corrected chi connectivity index (χ3v) is 6.61. The molecule has 0 saturated carbocycles. The fourth-order valence-corrected chi connectivity index (χ4v) is 4.70. The molecular weight excluding hydrogens is 467 g/mol. The monoisotopic (exact) mass is 493 g/mol. The van der Waals surface area contributed by atoms with E-state index < -0.39 is 11.5 Å². The van der Waals surface area contributed by atoms with Gasteiger partial charge in [-0.2, -0.15) is 0 Å². The molecule has 3 nitrogen and oxygen atoms in total. The maximum absolute atomic E-state index is 14.9. The van der Waals surface area contributed by atoms with Crippen molar-refractivity contribution in [1.82, 2.24) is 0 Å². The molecule has 3 rings (SSSR count). The second kappa shape index (κ2) is 9.94. The van der Waals surface area contributed by atoms with Crippen LogP contribution in [0.25, 0.3) is 0 Å². The van der Waals surface area contributed by atoms with Crippen molar-refractivity contribution in [1.29, 1.82) is 0 Å². The number of halogens is 4. The van der Waals surface area contributed by atoms with Gasteiger partial charge in [-0.3, -0.25) is 4.79 Å². The molecule has 1 aliphatic rings. The van der Waals surface area contributed by atoms with Crippen molar-refractivity contribution in [3.8, 4) is 0 Å². The highest BCUT2D eigenvalue weighted by atomic mass is 35.5. The average molecular weight is 494 g/mol. The van der Waals surface area contributed by atoms with E-state index in [9.17, 15) is 13.6 Å². The summed E-state index contributed by atoms with van der Waals surface area (Å²) >= 11 is 12.1. The third-order valence-electron chi connectivity index (χ3n) is 6.18. The van der Waals surface area contributed by atoms with Crippen LogP contribution in [0, 0.1) is 12.8 Å². The number of Topliss-reactive ketones (excluding diaryl/α,β-unsaturated/α-hetero) is 1. The van der Waals surface area contributed by atoms with Crippen LogP contribution < -0.4 is 0 Å². The van der Waals surface area contributed by atoms with Gasteiger partial charge in [0, 0.05) is 40.9 Å². The highest BCUT2D eigenvalue weighted by molar-refractivity contribution is 6.34. The van der Waals surface area contributed by atoms with Crippen molar-refractivity contribution in [2.24, 2.45) is 11.1 Å². The molecular formula is C26H27Cl2F2NO2. The lowest BCUT2D eigenvalue weighted by atomic mass is 9.82. The van der Waals surface area contributed by atoms with Crippen LogP contribution in [-0.2, 0) is 10.4 Å². The predicted molar refractivity (Wildman–Crippen MR) is 130 cm³/mol. The smallest absolute Gasteiger partial charge is 0.291 e. The molecule has 0 saturated heterocycles. The Morgan fingerprint density at radius 2 is 1.94 bits per heavy atom. The van der Waals surface area contributed by atoms with Crippen molar-refractivity contribution in [2.45, 2.75) is 58.0 Å². The number of oxime groups is 1. The molecule has 0 aliphatic carbocycles. The minimum atomic E-state index is -3.27. The summed E-state index contributed by atoms with van der Waals surface area (Å²) < 4.78 is 29.7. The van der Waals surface area contributed by atoms with Gasteiger partial charge in [0.15, 0.2) is 5.78 Å². The number of aryl methyl sites for hydroxylation is 1. The number of hydrogen-bond acceptors (Lipinski definition) is 3. The zero-order chi connectivity index (χ0) is 24.4. The highest BCUT2D eigenvalue weighted by Gasteiger charge is 2.58. The quantitative estimate of drug-likeness (QED) is 0.261. The van der Waals surface area contributed by atoms with E-state index in [0.717, 1.165) is 25.3 Å². The summed E-state index contributed by atoms with van der Waals surface area (Å²) in [5, 5.41) is 4.49. The fraction of sp³-hybridized carbons (Fsp3) is 0.385. The predicted octanol–water partition coefficient (Wildman–Crippen LogP) is 8.15. The molecule has 0 bridgehead atoms. The van der Waals surface area contributed by atoms with Crippen molar-refractivity contribution in [3.63, 3.8) is 0 Å². The zero-order valence-electron chi connectivity index (χ0n) is 18.9. The normalized spacial score (nSPS) is 19.1. The van der Waals surface area contributed by atoms with E-state index in [-0.39, 0.29) is 33.7 Å². The number of allylic oxidation sites excluding steroid dienone is 1. The van der Waals surface area contributed by atoms with Crippen LogP contribution in [-0.4, -0.2) is 17.4 Å². The van der Waals surface area contributed by atoms with Gasteiger partial charge in [-0.25, -0.2) is 8.78 Å². The summed E-state index contributed by atoms with van der Waals surface area (Å²) in [5.41, 5.74) is 0.504. The molecule has 0 spiro atoms. The molecule has 0 radical (unpaired) electrons. The van der Waals surface area contributed by atoms with Crippen LogP contribution in [0.15, 0.2) is 54.2 Å². The molecule has 2 aromatic carbocycles. The highest BCUT2D eigenvalue weighted by Crippen LogP contribution is 2.48. The van der Waals surface area contributed by atoms with Crippen molar-refractivity contribution in [3.05, 3.63) is 81.4 Å². The van der Waals surface area contributed by atoms with Gasteiger partial charge in [0.1, 0.15) is 0 Å². The van der Waals surface area contributed by atoms with Gasteiger partial charge in [-0.15, -0.1) is 6.58 Å². The fourth-order valence-electron chi connectivity index (χ4n) is 4.18. The Hall–Kier alpha value is -2.24. The first kappa shape index (κ1) is 25.4. The minimum Gasteiger partial charge on any atom is -0.377 e. The maximum atomic E-state index is 14.9. The summed E-state index contributed by atoms with van der Waals surface area (Å²) in [7, 11) is 0. The molecule has 0 amide bonds. The van der Waals surface area contributed by atoms with Crippen molar-refractivity contribution in [2.75, 3.05) is 0 Å². The minimum absolute atomic E-state index is 0.0559. The summed E-state index contributed by atoms with van der Waals surface area (Å²) in [6.07, 6.45) is 3.78. The Balaban J connectivity index is 1.88. The number of nitrogens with zero attached hydrogens (tertiary/aromatic N) is 1. The molecule has 0 fully saturated rings. The first-order chi connectivity index (χ1) is 15.5. The van der Waals surface area contributed by atoms with Gasteiger partial charge in [-0.05, 0) is 54.7 Å². The molecule has 33 heavy (non-hydrogen) atoms. The number of hydrogen-bond donors (Lipinski definition) is 0. The van der Waals surface area contributed by atoms with Gasteiger partial charge < -0.3 is 4.84 Å². The molecule has 1 heterocycles. The Bertz CT molecular complexity index is 1070. The lowest BCUT2D eigenvalue weighted by Crippen LogP contribution is -2.43. The molecule has 2 unspecified atom stereocenters. The van der Waals surface area contributed by atoms with Gasteiger partial charge >= 0.3 is 0 Å². The lowest BCUT2D eigenvalue weighted by molar-refractivity contribution is -0.193. The lowest BCUT2D eigenvalue weighted by Gasteiger charge is -2.33. The zero-order valence-corrected chi connectivity index (χ0v) is 20.4. The molecule has 0 aromatic heterocycles. The first-order valence-electron chi connectivity index (χ1n) is 10.8. The van der Waals surface area contributed by atoms with Gasteiger partial charge in [0.05, 0.1) is 5.71 Å². The summed E-state index contributed by atoms with van der Waals surface area (Å²) in [4.78, 5) is 18.2. The van der Waals surface area contributed by atoms with Crippen LogP contribution in [0.2, 0.25) is 10.0 Å². The Labute approximate surface area is 203 Å². The van der Waals surface area contributed by atoms with E-state index >= 15 is 0 Å². The summed E-state index contributed by atoms with van der Waals surface area (Å²) in [6, 6.07) is 9.57. The molecule has 176 valence electrons. The molecule has 1 aliphatic heterocycles. The van der Waals surface area contributed by atoms with Crippen molar-refractivity contribution < 1.29 is 18.4 Å². The van der Waals surface area contributed by atoms with E-state index in [1.807, 2.05) is 13.0 Å². The SMILES string of the molecule is C=CCC(CC)CC(=O)c1ccc(C2=NOC(c3cc(Cl)cc(Cl)c3)(C(C)(F)F)C2)cc1C. The van der Waals surface area contributed by atoms with Crippen LogP contribution >= 0.6 is 23.2 Å². The van der Waals surface area contributed by atoms with Gasteiger partial charge in [0.25, 0.3) is 5.92 Å². The Morgan fingerprint density at radius 3 is 2.48 bits per heavy atom. The standard InChI is InChI=1S/C26H27Cl2F2NO2/c1-5-7-17(6-2)11-24(32)22-9-8-18(10-16(22)3)23-15-26(33-31-23,25(4,29)30)19-12-20(27)14-21(28)13-19/h5,8-10,12-14,17H,1,6-7,11,15H2,2-4H3. The van der Waals surface area contributed by atoms with Crippen molar-refractivity contribution >= 4 is 34.7 Å². The number of carbonyl (C=O) groups is 1. The van der Waals surface area contributed by atoms with E-state index in [4.69, 9.17) is 28.0 Å². The number of rotatable bonds is 9. The first-order valence-corrected chi connectivity index (χ1v) is 11.6. The van der Waals surface area contributed by atoms with E-state index in [1.165, 1.54) is 18.2 Å². The second-order valence-corrected chi connectivity index (χ2v) is 9.51. The van der Waals surface area contributed by atoms with Gasteiger partial charge in [0.2, 0.25) is 5.60 Å². The number of alkyl halides is 2. The Kier molecular flexibility index (Phi) is 7.65. The molecule has 7 heteroatoms. The van der Waals surface area contributed by atoms with E-state index in [0.29, 0.717) is 23.3 Å². The average Bonchev–Trinajstić information content (AvgIpc) is 3.19.